The van der Waals surface area contributed by atoms with Crippen LogP contribution in [0.15, 0.2) is 24.2 Å². The second-order valence-corrected chi connectivity index (χ2v) is 3.26. The predicted molar refractivity (Wildman–Crippen MR) is 50.8 cm³/mol. The Morgan fingerprint density at radius 1 is 1.50 bits per heavy atom. The molecule has 0 spiro atoms. The van der Waals surface area contributed by atoms with Gasteiger partial charge >= 0.3 is 12.1 Å². The van der Waals surface area contributed by atoms with E-state index in [1.807, 2.05) is 0 Å². The molecule has 0 aromatic heterocycles. The molecule has 0 unspecified atom stereocenters. The number of aliphatic carboxylic acids is 1. The molecule has 0 heterocycles. The summed E-state index contributed by atoms with van der Waals surface area (Å²) in [5.41, 5.74) is 4.48. The zero-order valence-corrected chi connectivity index (χ0v) is 8.08. The first-order valence-electron chi connectivity index (χ1n) is 4.87. The molecular weight excluding hydrogens is 223 g/mol. The molecule has 1 aromatic rings. The van der Waals surface area contributed by atoms with Gasteiger partial charge in [0, 0.05) is 0 Å². The number of benzene rings is 1. The minimum atomic E-state index is -4.58. The highest BCUT2D eigenvalue weighted by Gasteiger charge is 2.30. The van der Waals surface area contributed by atoms with Crippen LogP contribution in [0.1, 0.15) is 12.5 Å². The first-order valence-corrected chi connectivity index (χ1v) is 4.37. The number of nitrogens with two attached hydrogens (primary N) is 1. The minimum Gasteiger partial charge on any atom is -0.480 e. The number of halogens is 3. The molecule has 0 aliphatic carbocycles. The van der Waals surface area contributed by atoms with Crippen molar-refractivity contribution in [1.29, 1.82) is 0 Å². The van der Waals surface area contributed by atoms with Gasteiger partial charge in [0.05, 0.1) is 6.93 Å². The van der Waals surface area contributed by atoms with Gasteiger partial charge in [-0.2, -0.15) is 13.2 Å². The third-order valence-corrected chi connectivity index (χ3v) is 1.96. The Morgan fingerprint density at radius 2 is 2.12 bits per heavy atom. The molecule has 6 heteroatoms. The van der Waals surface area contributed by atoms with Crippen LogP contribution in [0, 0.1) is 0 Å². The molecule has 0 aliphatic heterocycles. The molecule has 1 rings (SSSR count). The normalized spacial score (nSPS) is 14.4. The summed E-state index contributed by atoms with van der Waals surface area (Å²) in [7, 11) is 0. The summed E-state index contributed by atoms with van der Waals surface area (Å²) in [4.78, 5) is 10.5. The van der Waals surface area contributed by atoms with Crippen molar-refractivity contribution in [3.05, 3.63) is 35.4 Å². The third-order valence-electron chi connectivity index (χ3n) is 1.96. The van der Waals surface area contributed by atoms with Gasteiger partial charge in [-0.1, -0.05) is 12.1 Å². The predicted octanol–water partition coefficient (Wildman–Crippen LogP) is 1.66. The first kappa shape index (κ1) is 10.9. The van der Waals surface area contributed by atoms with E-state index in [1.165, 1.54) is 0 Å². The molecule has 0 amide bonds. The molecule has 16 heavy (non-hydrogen) atoms. The van der Waals surface area contributed by atoms with Gasteiger partial charge in [0.15, 0.2) is 0 Å². The summed E-state index contributed by atoms with van der Waals surface area (Å²) in [6.45, 7) is 0. The lowest BCUT2D eigenvalue weighted by Crippen LogP contribution is -2.32. The quantitative estimate of drug-likeness (QED) is 0.836. The van der Waals surface area contributed by atoms with Gasteiger partial charge in [0.1, 0.15) is 6.04 Å². The monoisotopic (exact) mass is 234 g/mol. The SMILES string of the molecule is [2H]c1cc(C[C@H](N)C(=O)O)ccc1C(F)(F)F. The number of carbonyl (C=O) groups is 1. The minimum absolute atomic E-state index is 0.112. The largest absolute Gasteiger partial charge is 0.480 e. The van der Waals surface area contributed by atoms with Crippen LogP contribution < -0.4 is 5.73 Å². The van der Waals surface area contributed by atoms with Crippen LogP contribution >= 0.6 is 0 Å². The number of carboxylic acid groups (broad SMARTS) is 1. The maximum absolute atomic E-state index is 12.3. The van der Waals surface area contributed by atoms with E-state index in [1.54, 1.807) is 0 Å². The van der Waals surface area contributed by atoms with Crippen LogP contribution in [-0.2, 0) is 17.4 Å². The van der Waals surface area contributed by atoms with Crippen LogP contribution in [0.4, 0.5) is 13.2 Å². The van der Waals surface area contributed by atoms with Crippen molar-refractivity contribution < 1.29 is 24.4 Å². The lowest BCUT2D eigenvalue weighted by molar-refractivity contribution is -0.139. The Bertz CT molecular complexity index is 434. The van der Waals surface area contributed by atoms with Crippen molar-refractivity contribution in [1.82, 2.24) is 0 Å². The van der Waals surface area contributed by atoms with E-state index < -0.39 is 29.8 Å². The molecule has 0 fully saturated rings. The van der Waals surface area contributed by atoms with Crippen LogP contribution in [0.3, 0.4) is 0 Å². The lowest BCUT2D eigenvalue weighted by atomic mass is 10.0. The maximum atomic E-state index is 12.3. The van der Waals surface area contributed by atoms with Gasteiger partial charge in [-0.3, -0.25) is 4.79 Å². The Morgan fingerprint density at radius 3 is 2.56 bits per heavy atom. The molecule has 0 aliphatic rings. The number of carboxylic acids is 1. The second-order valence-electron chi connectivity index (χ2n) is 3.26. The van der Waals surface area contributed by atoms with Crippen LogP contribution in [0.5, 0.6) is 0 Å². The number of rotatable bonds is 3. The van der Waals surface area contributed by atoms with E-state index in [9.17, 15) is 18.0 Å². The Hall–Kier alpha value is -1.56. The van der Waals surface area contributed by atoms with Gasteiger partial charge in [-0.05, 0) is 24.1 Å². The second kappa shape index (κ2) is 4.52. The number of hydrogen-bond donors (Lipinski definition) is 2. The first-order chi connectivity index (χ1) is 7.71. The highest BCUT2D eigenvalue weighted by molar-refractivity contribution is 5.73. The van der Waals surface area contributed by atoms with Crippen molar-refractivity contribution in [3.63, 3.8) is 0 Å². The number of alkyl halides is 3. The zero-order chi connectivity index (χ0) is 13.2. The van der Waals surface area contributed by atoms with Gasteiger partial charge in [-0.25, -0.2) is 0 Å². The molecule has 3 nitrogen and oxygen atoms in total. The van der Waals surface area contributed by atoms with E-state index in [0.29, 0.717) is 0 Å². The van der Waals surface area contributed by atoms with Crippen molar-refractivity contribution in [2.45, 2.75) is 18.6 Å². The van der Waals surface area contributed by atoms with E-state index in [-0.39, 0.29) is 12.0 Å². The summed E-state index contributed by atoms with van der Waals surface area (Å²) in [6.07, 6.45) is -4.69. The van der Waals surface area contributed by atoms with Crippen molar-refractivity contribution in [2.75, 3.05) is 0 Å². The van der Waals surface area contributed by atoms with Crippen molar-refractivity contribution >= 4 is 5.97 Å². The van der Waals surface area contributed by atoms with E-state index in [2.05, 4.69) is 0 Å². The average molecular weight is 234 g/mol. The van der Waals surface area contributed by atoms with Crippen molar-refractivity contribution in [3.8, 4) is 0 Å². The number of hydrogen-bond acceptors (Lipinski definition) is 2. The maximum Gasteiger partial charge on any atom is 0.416 e. The highest BCUT2D eigenvalue weighted by Crippen LogP contribution is 2.29. The zero-order valence-electron chi connectivity index (χ0n) is 9.08. The summed E-state index contributed by atoms with van der Waals surface area (Å²) in [5, 5.41) is 8.54. The van der Waals surface area contributed by atoms with Gasteiger partial charge in [0.2, 0.25) is 0 Å². The summed E-state index contributed by atoms with van der Waals surface area (Å²) in [6, 6.07) is 0.986. The standard InChI is InChI=1S/C10H10F3NO2/c11-10(12,13)7-3-1-6(2-4-7)5-8(14)9(15)16/h1-4,8H,5,14H2,(H,15,16)/t8-/m0/s1/i3D. The van der Waals surface area contributed by atoms with E-state index in [4.69, 9.17) is 12.2 Å². The van der Waals surface area contributed by atoms with Crippen LogP contribution in [0.25, 0.3) is 0 Å². The Kier molecular flexibility index (Phi) is 3.09. The fraction of sp³-hybridized carbons (Fsp3) is 0.300. The highest BCUT2D eigenvalue weighted by atomic mass is 19.4. The summed E-state index contributed by atoms with van der Waals surface area (Å²) in [5.74, 6) is -1.24. The van der Waals surface area contributed by atoms with Crippen LogP contribution in [-0.4, -0.2) is 17.1 Å². The topological polar surface area (TPSA) is 63.3 Å². The molecule has 1 aromatic carbocycles. The van der Waals surface area contributed by atoms with Crippen molar-refractivity contribution in [2.24, 2.45) is 5.73 Å². The summed E-state index contributed by atoms with van der Waals surface area (Å²) < 4.78 is 44.2. The Labute approximate surface area is 91.1 Å². The molecule has 0 radical (unpaired) electrons. The molecular formula is C10H10F3NO2. The van der Waals surface area contributed by atoms with Gasteiger partial charge in [0.25, 0.3) is 0 Å². The smallest absolute Gasteiger partial charge is 0.416 e. The average Bonchev–Trinajstić information content (AvgIpc) is 2.15. The Balaban J connectivity index is 2.94. The molecule has 88 valence electrons. The summed E-state index contributed by atoms with van der Waals surface area (Å²) >= 11 is 0. The van der Waals surface area contributed by atoms with Crippen LogP contribution in [0.2, 0.25) is 0 Å². The molecule has 3 N–H and O–H groups in total. The van der Waals surface area contributed by atoms with E-state index in [0.717, 1.165) is 18.2 Å². The lowest BCUT2D eigenvalue weighted by Gasteiger charge is -2.09. The van der Waals surface area contributed by atoms with Gasteiger partial charge < -0.3 is 10.8 Å². The molecule has 0 saturated heterocycles. The fourth-order valence-electron chi connectivity index (χ4n) is 1.10. The van der Waals surface area contributed by atoms with E-state index >= 15 is 0 Å². The fourth-order valence-corrected chi connectivity index (χ4v) is 1.10. The van der Waals surface area contributed by atoms with Gasteiger partial charge in [-0.15, -0.1) is 0 Å². The third kappa shape index (κ3) is 3.23. The molecule has 1 atom stereocenters. The molecule has 0 saturated carbocycles. The molecule has 0 bridgehead atoms.